The fraction of sp³-hybridized carbons (Fsp3) is 0.350. The highest BCUT2D eigenvalue weighted by atomic mass is 16.5. The summed E-state index contributed by atoms with van der Waals surface area (Å²) >= 11 is 0. The second kappa shape index (κ2) is 6.56. The van der Waals surface area contributed by atoms with E-state index < -0.39 is 0 Å². The Morgan fingerprint density at radius 1 is 1.17 bits per heavy atom. The monoisotopic (exact) mass is 325 g/mol. The highest BCUT2D eigenvalue weighted by Gasteiger charge is 2.32. The van der Waals surface area contributed by atoms with Gasteiger partial charge < -0.3 is 14.4 Å². The largest absolute Gasteiger partial charge is 0.483 e. The van der Waals surface area contributed by atoms with Crippen molar-refractivity contribution in [3.8, 4) is 11.5 Å². The predicted molar refractivity (Wildman–Crippen MR) is 93.3 cm³/mol. The molecule has 0 unspecified atom stereocenters. The molecular formula is C20H23NO3. The lowest BCUT2D eigenvalue weighted by Gasteiger charge is -2.20. The minimum atomic E-state index is -0.226. The Morgan fingerprint density at radius 2 is 1.92 bits per heavy atom. The molecule has 4 nitrogen and oxygen atoms in total. The quantitative estimate of drug-likeness (QED) is 0.845. The summed E-state index contributed by atoms with van der Waals surface area (Å²) in [7, 11) is 1.79. The van der Waals surface area contributed by atoms with Crippen molar-refractivity contribution in [3.63, 3.8) is 0 Å². The molecule has 0 atom stereocenters. The summed E-state index contributed by atoms with van der Waals surface area (Å²) in [6.07, 6.45) is 0.849. The second-order valence-corrected chi connectivity index (χ2v) is 6.81. The SMILES string of the molecule is CN(Cc1ccccc1)C(=O)COc1cccc2c1OC(C)(C)C2. The molecule has 0 N–H and O–H groups in total. The van der Waals surface area contributed by atoms with Crippen molar-refractivity contribution in [1.82, 2.24) is 4.90 Å². The Bertz CT molecular complexity index is 725. The van der Waals surface area contributed by atoms with E-state index in [4.69, 9.17) is 9.47 Å². The summed E-state index contributed by atoms with van der Waals surface area (Å²) in [6, 6.07) is 15.7. The smallest absolute Gasteiger partial charge is 0.260 e. The van der Waals surface area contributed by atoms with Crippen LogP contribution in [0.15, 0.2) is 48.5 Å². The minimum absolute atomic E-state index is 0.00355. The molecule has 0 saturated carbocycles. The van der Waals surface area contributed by atoms with E-state index in [2.05, 4.69) is 13.8 Å². The first-order valence-corrected chi connectivity index (χ1v) is 8.16. The first-order valence-electron chi connectivity index (χ1n) is 8.16. The minimum Gasteiger partial charge on any atom is -0.483 e. The van der Waals surface area contributed by atoms with Gasteiger partial charge in [-0.25, -0.2) is 0 Å². The highest BCUT2D eigenvalue weighted by Crippen LogP contribution is 2.41. The van der Waals surface area contributed by atoms with Gasteiger partial charge >= 0.3 is 0 Å². The third kappa shape index (κ3) is 3.70. The van der Waals surface area contributed by atoms with E-state index in [1.165, 1.54) is 0 Å². The number of amides is 1. The molecule has 0 radical (unpaired) electrons. The van der Waals surface area contributed by atoms with Gasteiger partial charge in [-0.2, -0.15) is 0 Å². The first-order chi connectivity index (χ1) is 11.4. The molecule has 1 aliphatic rings. The molecule has 1 amide bonds. The molecular weight excluding hydrogens is 302 g/mol. The average molecular weight is 325 g/mol. The maximum Gasteiger partial charge on any atom is 0.260 e. The van der Waals surface area contributed by atoms with Crippen LogP contribution >= 0.6 is 0 Å². The fourth-order valence-electron chi connectivity index (χ4n) is 2.90. The number of fused-ring (bicyclic) bond motifs is 1. The number of rotatable bonds is 5. The zero-order valence-corrected chi connectivity index (χ0v) is 14.4. The average Bonchev–Trinajstić information content (AvgIpc) is 2.87. The molecule has 0 saturated heterocycles. The maximum atomic E-state index is 12.3. The predicted octanol–water partition coefficient (Wildman–Crippen LogP) is 3.44. The Hall–Kier alpha value is -2.49. The van der Waals surface area contributed by atoms with Crippen LogP contribution in [-0.2, 0) is 17.8 Å². The van der Waals surface area contributed by atoms with Crippen molar-refractivity contribution in [3.05, 3.63) is 59.7 Å². The summed E-state index contributed by atoms with van der Waals surface area (Å²) in [4.78, 5) is 14.0. The summed E-state index contributed by atoms with van der Waals surface area (Å²) in [5, 5.41) is 0. The van der Waals surface area contributed by atoms with Gasteiger partial charge in [0.05, 0.1) is 0 Å². The normalized spacial score (nSPS) is 14.6. The van der Waals surface area contributed by atoms with Crippen molar-refractivity contribution in [1.29, 1.82) is 0 Å². The van der Waals surface area contributed by atoms with Gasteiger partial charge in [0.1, 0.15) is 5.60 Å². The van der Waals surface area contributed by atoms with Gasteiger partial charge in [-0.1, -0.05) is 42.5 Å². The van der Waals surface area contributed by atoms with Crippen molar-refractivity contribution in [2.24, 2.45) is 0 Å². The Morgan fingerprint density at radius 3 is 2.67 bits per heavy atom. The zero-order valence-electron chi connectivity index (χ0n) is 14.4. The van der Waals surface area contributed by atoms with E-state index in [-0.39, 0.29) is 18.1 Å². The zero-order chi connectivity index (χ0) is 17.2. The summed E-state index contributed by atoms with van der Waals surface area (Å²) in [5.74, 6) is 1.34. The summed E-state index contributed by atoms with van der Waals surface area (Å²) < 4.78 is 11.7. The number of para-hydroxylation sites is 1. The van der Waals surface area contributed by atoms with Gasteiger partial charge in [0.15, 0.2) is 18.1 Å². The standard InChI is InChI=1S/C20H23NO3/c1-20(2)12-16-10-7-11-17(19(16)24-20)23-14-18(22)21(3)13-15-8-5-4-6-9-15/h4-11H,12-14H2,1-3H3. The molecule has 24 heavy (non-hydrogen) atoms. The number of benzene rings is 2. The Balaban J connectivity index is 1.61. The van der Waals surface area contributed by atoms with Gasteiger partial charge in [-0.15, -0.1) is 0 Å². The molecule has 2 aromatic rings. The third-order valence-electron chi connectivity index (χ3n) is 4.09. The third-order valence-corrected chi connectivity index (χ3v) is 4.09. The molecule has 0 bridgehead atoms. The molecule has 0 aromatic heterocycles. The number of carbonyl (C=O) groups is 1. The Kier molecular flexibility index (Phi) is 4.47. The van der Waals surface area contributed by atoms with E-state index in [0.717, 1.165) is 23.3 Å². The van der Waals surface area contributed by atoms with E-state index in [9.17, 15) is 4.79 Å². The summed E-state index contributed by atoms with van der Waals surface area (Å²) in [5.41, 5.74) is 2.00. The molecule has 1 aliphatic heterocycles. The van der Waals surface area contributed by atoms with Crippen LogP contribution in [0.4, 0.5) is 0 Å². The molecule has 2 aromatic carbocycles. The first kappa shape index (κ1) is 16.4. The fourth-order valence-corrected chi connectivity index (χ4v) is 2.90. The van der Waals surface area contributed by atoms with E-state index in [1.54, 1.807) is 11.9 Å². The van der Waals surface area contributed by atoms with Crippen molar-refractivity contribution in [2.45, 2.75) is 32.4 Å². The van der Waals surface area contributed by atoms with E-state index in [0.29, 0.717) is 12.3 Å². The van der Waals surface area contributed by atoms with Crippen LogP contribution in [0, 0.1) is 0 Å². The Labute approximate surface area is 143 Å². The lowest BCUT2D eigenvalue weighted by atomic mass is 10.0. The lowest BCUT2D eigenvalue weighted by Crippen LogP contribution is -2.31. The number of likely N-dealkylation sites (N-methyl/N-ethyl adjacent to an activating group) is 1. The van der Waals surface area contributed by atoms with Crippen LogP contribution in [-0.4, -0.2) is 30.1 Å². The topological polar surface area (TPSA) is 38.8 Å². The lowest BCUT2D eigenvalue weighted by molar-refractivity contribution is -0.132. The number of ether oxygens (including phenoxy) is 2. The van der Waals surface area contributed by atoms with Gasteiger partial charge in [0.25, 0.3) is 5.91 Å². The molecule has 0 fully saturated rings. The van der Waals surface area contributed by atoms with Crippen molar-refractivity contribution >= 4 is 5.91 Å². The van der Waals surface area contributed by atoms with Gasteiger partial charge in [-0.05, 0) is 25.5 Å². The highest BCUT2D eigenvalue weighted by molar-refractivity contribution is 5.77. The van der Waals surface area contributed by atoms with Crippen molar-refractivity contribution < 1.29 is 14.3 Å². The second-order valence-electron chi connectivity index (χ2n) is 6.81. The van der Waals surface area contributed by atoms with Crippen LogP contribution in [0.25, 0.3) is 0 Å². The van der Waals surface area contributed by atoms with E-state index in [1.807, 2.05) is 48.5 Å². The number of hydrogen-bond acceptors (Lipinski definition) is 3. The molecule has 0 aliphatic carbocycles. The number of carbonyl (C=O) groups excluding carboxylic acids is 1. The van der Waals surface area contributed by atoms with Gasteiger partial charge in [-0.3, -0.25) is 4.79 Å². The van der Waals surface area contributed by atoms with Gasteiger partial charge in [0.2, 0.25) is 0 Å². The summed E-state index contributed by atoms with van der Waals surface area (Å²) in [6.45, 7) is 4.67. The molecule has 126 valence electrons. The van der Waals surface area contributed by atoms with Crippen LogP contribution in [0.3, 0.4) is 0 Å². The van der Waals surface area contributed by atoms with E-state index >= 15 is 0 Å². The molecule has 0 spiro atoms. The molecule has 1 heterocycles. The number of nitrogens with zero attached hydrogens (tertiary/aromatic N) is 1. The van der Waals surface area contributed by atoms with Crippen molar-refractivity contribution in [2.75, 3.05) is 13.7 Å². The van der Waals surface area contributed by atoms with Crippen LogP contribution < -0.4 is 9.47 Å². The molecule has 4 heteroatoms. The van der Waals surface area contributed by atoms with Crippen LogP contribution in [0.1, 0.15) is 25.0 Å². The maximum absolute atomic E-state index is 12.3. The van der Waals surface area contributed by atoms with Crippen LogP contribution in [0.2, 0.25) is 0 Å². The molecule has 3 rings (SSSR count). The number of hydrogen-bond donors (Lipinski definition) is 0. The van der Waals surface area contributed by atoms with Gasteiger partial charge in [0, 0.05) is 25.6 Å². The van der Waals surface area contributed by atoms with Crippen LogP contribution in [0.5, 0.6) is 11.5 Å².